The van der Waals surface area contributed by atoms with Gasteiger partial charge in [-0.2, -0.15) is 0 Å². The third-order valence-electron chi connectivity index (χ3n) is 2.92. The van der Waals surface area contributed by atoms with Gasteiger partial charge in [0.25, 0.3) is 0 Å². The number of anilines is 1. The summed E-state index contributed by atoms with van der Waals surface area (Å²) < 4.78 is 23.4. The number of aliphatic carboxylic acids is 1. The van der Waals surface area contributed by atoms with E-state index in [0.29, 0.717) is 5.69 Å². The van der Waals surface area contributed by atoms with E-state index in [1.54, 1.807) is 24.3 Å². The van der Waals surface area contributed by atoms with Gasteiger partial charge in [-0.25, -0.2) is 13.2 Å². The highest BCUT2D eigenvalue weighted by Gasteiger charge is 2.22. The predicted octanol–water partition coefficient (Wildman–Crippen LogP) is 0.575. The molecule has 1 aromatic rings. The van der Waals surface area contributed by atoms with Gasteiger partial charge in [-0.1, -0.05) is 15.9 Å². The molecule has 9 nitrogen and oxygen atoms in total. The number of sulfone groups is 1. The average molecular weight is 436 g/mol. The number of rotatable bonds is 8. The summed E-state index contributed by atoms with van der Waals surface area (Å²) in [6.07, 6.45) is 0.819. The van der Waals surface area contributed by atoms with E-state index in [9.17, 15) is 22.8 Å². The number of carboxylic acids is 1. The highest BCUT2D eigenvalue weighted by Crippen LogP contribution is 2.14. The zero-order chi connectivity index (χ0) is 19.0. The molecule has 0 bridgehead atoms. The predicted molar refractivity (Wildman–Crippen MR) is 95.1 cm³/mol. The first-order chi connectivity index (χ1) is 11.6. The first kappa shape index (κ1) is 20.9. The Hall–Kier alpha value is -2.14. The monoisotopic (exact) mass is 435 g/mol. The Morgan fingerprint density at radius 1 is 1.20 bits per heavy atom. The van der Waals surface area contributed by atoms with Crippen molar-refractivity contribution in [3.63, 3.8) is 0 Å². The number of carboxylic acid groups (broad SMARTS) is 1. The highest BCUT2D eigenvalue weighted by atomic mass is 79.9. The van der Waals surface area contributed by atoms with E-state index >= 15 is 0 Å². The largest absolute Gasteiger partial charge is 0.480 e. The standard InChI is InChI=1S/C14H18BrN3O6S/c1-25(23,24)7-6-11(13(21)16-8-12(19)20)18-14(22)17-10-4-2-9(15)3-5-10/h2-5,11H,6-8H2,1H3,(H,16,21)(H,19,20)(H2,17,18,22). The number of amides is 3. The minimum absolute atomic E-state index is 0.182. The third kappa shape index (κ3) is 9.05. The number of benzene rings is 1. The molecular formula is C14H18BrN3O6S. The minimum atomic E-state index is -3.36. The molecule has 1 unspecified atom stereocenters. The maximum Gasteiger partial charge on any atom is 0.322 e. The second-order valence-electron chi connectivity index (χ2n) is 5.19. The first-order valence-corrected chi connectivity index (χ1v) is 9.92. The molecule has 0 radical (unpaired) electrons. The molecule has 0 heterocycles. The van der Waals surface area contributed by atoms with E-state index in [0.717, 1.165) is 10.7 Å². The second-order valence-corrected chi connectivity index (χ2v) is 8.36. The number of hydrogen-bond donors (Lipinski definition) is 4. The molecule has 138 valence electrons. The van der Waals surface area contributed by atoms with E-state index in [1.807, 2.05) is 0 Å². The lowest BCUT2D eigenvalue weighted by Gasteiger charge is -2.18. The van der Waals surface area contributed by atoms with Crippen LogP contribution >= 0.6 is 15.9 Å². The zero-order valence-corrected chi connectivity index (χ0v) is 15.7. The van der Waals surface area contributed by atoms with Crippen LogP contribution in [-0.2, 0) is 19.4 Å². The van der Waals surface area contributed by atoms with Crippen molar-refractivity contribution in [1.82, 2.24) is 10.6 Å². The van der Waals surface area contributed by atoms with E-state index in [2.05, 4.69) is 31.9 Å². The molecule has 0 aromatic heterocycles. The smallest absolute Gasteiger partial charge is 0.322 e. The van der Waals surface area contributed by atoms with E-state index in [4.69, 9.17) is 5.11 Å². The van der Waals surface area contributed by atoms with Crippen LogP contribution in [0.3, 0.4) is 0 Å². The van der Waals surface area contributed by atoms with E-state index < -0.39 is 40.3 Å². The summed E-state index contributed by atoms with van der Waals surface area (Å²) in [5.41, 5.74) is 0.466. The van der Waals surface area contributed by atoms with Gasteiger partial charge in [0.1, 0.15) is 22.4 Å². The number of carbonyl (C=O) groups excluding carboxylic acids is 2. The van der Waals surface area contributed by atoms with Gasteiger partial charge in [0, 0.05) is 16.4 Å². The molecule has 0 aliphatic carbocycles. The lowest BCUT2D eigenvalue weighted by Crippen LogP contribution is -2.49. The average Bonchev–Trinajstić information content (AvgIpc) is 2.50. The zero-order valence-electron chi connectivity index (χ0n) is 13.3. The fraction of sp³-hybridized carbons (Fsp3) is 0.357. The van der Waals surface area contributed by atoms with Crippen molar-refractivity contribution in [2.75, 3.05) is 23.9 Å². The van der Waals surface area contributed by atoms with Crippen molar-refractivity contribution >= 4 is 49.4 Å². The van der Waals surface area contributed by atoms with Gasteiger partial charge in [-0.05, 0) is 30.7 Å². The van der Waals surface area contributed by atoms with E-state index in [1.165, 1.54) is 0 Å². The van der Waals surface area contributed by atoms with Crippen molar-refractivity contribution in [3.05, 3.63) is 28.7 Å². The molecule has 1 aromatic carbocycles. The van der Waals surface area contributed by atoms with E-state index in [-0.39, 0.29) is 12.2 Å². The molecule has 0 saturated heterocycles. The van der Waals surface area contributed by atoms with Gasteiger partial charge in [0.15, 0.2) is 0 Å². The van der Waals surface area contributed by atoms with Crippen LogP contribution in [-0.4, -0.2) is 56.0 Å². The molecule has 0 saturated carbocycles. The number of carbonyl (C=O) groups is 3. The van der Waals surface area contributed by atoms with Crippen molar-refractivity contribution < 1.29 is 27.9 Å². The number of halogens is 1. The SMILES string of the molecule is CS(=O)(=O)CCC(NC(=O)Nc1ccc(Br)cc1)C(=O)NCC(=O)O. The molecule has 0 spiro atoms. The highest BCUT2D eigenvalue weighted by molar-refractivity contribution is 9.10. The quantitative estimate of drug-likeness (QED) is 0.470. The lowest BCUT2D eigenvalue weighted by atomic mass is 10.2. The van der Waals surface area contributed by atoms with Crippen LogP contribution in [0.15, 0.2) is 28.7 Å². The number of urea groups is 1. The molecule has 0 fully saturated rings. The Morgan fingerprint density at radius 3 is 2.32 bits per heavy atom. The number of nitrogens with one attached hydrogen (secondary N) is 3. The molecule has 11 heteroatoms. The normalized spacial score (nSPS) is 12.1. The van der Waals surface area contributed by atoms with Crippen LogP contribution in [0.5, 0.6) is 0 Å². The van der Waals surface area contributed by atoms with Crippen molar-refractivity contribution in [1.29, 1.82) is 0 Å². The Kier molecular flexibility index (Phi) is 7.84. The second kappa shape index (κ2) is 9.37. The maximum atomic E-state index is 12.0. The maximum absolute atomic E-state index is 12.0. The van der Waals surface area contributed by atoms with Crippen LogP contribution in [0.4, 0.5) is 10.5 Å². The topological polar surface area (TPSA) is 142 Å². The minimum Gasteiger partial charge on any atom is -0.480 e. The summed E-state index contributed by atoms with van der Waals surface area (Å²) in [6.45, 7) is -0.635. The molecule has 0 aliphatic heterocycles. The summed E-state index contributed by atoms with van der Waals surface area (Å²) in [7, 11) is -3.36. The van der Waals surface area contributed by atoms with Gasteiger partial charge in [0.2, 0.25) is 5.91 Å². The number of hydrogen-bond acceptors (Lipinski definition) is 5. The van der Waals surface area contributed by atoms with Crippen molar-refractivity contribution in [2.45, 2.75) is 12.5 Å². The van der Waals surface area contributed by atoms with Crippen LogP contribution in [0.1, 0.15) is 6.42 Å². The molecule has 1 atom stereocenters. The summed E-state index contributed by atoms with van der Waals surface area (Å²) in [6, 6.07) is 4.75. The first-order valence-electron chi connectivity index (χ1n) is 7.07. The Morgan fingerprint density at radius 2 is 1.80 bits per heavy atom. The molecule has 3 amide bonds. The molecule has 1 rings (SSSR count). The van der Waals surface area contributed by atoms with Crippen molar-refractivity contribution in [2.24, 2.45) is 0 Å². The molecular weight excluding hydrogens is 418 g/mol. The third-order valence-corrected chi connectivity index (χ3v) is 4.42. The lowest BCUT2D eigenvalue weighted by molar-refractivity contribution is -0.138. The summed E-state index contributed by atoms with van der Waals surface area (Å²) in [5.74, 6) is -2.37. The van der Waals surface area contributed by atoms with Gasteiger partial charge in [0.05, 0.1) is 5.75 Å². The summed E-state index contributed by atoms with van der Waals surface area (Å²) >= 11 is 3.25. The van der Waals surface area contributed by atoms with Gasteiger partial charge < -0.3 is 21.1 Å². The Labute approximate surface area is 153 Å². The van der Waals surface area contributed by atoms with Crippen LogP contribution < -0.4 is 16.0 Å². The Balaban J connectivity index is 2.72. The van der Waals surface area contributed by atoms with Crippen molar-refractivity contribution in [3.8, 4) is 0 Å². The summed E-state index contributed by atoms with van der Waals surface area (Å²) in [4.78, 5) is 34.5. The van der Waals surface area contributed by atoms with Gasteiger partial charge in [-0.3, -0.25) is 9.59 Å². The van der Waals surface area contributed by atoms with Crippen LogP contribution in [0.2, 0.25) is 0 Å². The molecule has 0 aliphatic rings. The fourth-order valence-electron chi connectivity index (χ4n) is 1.75. The van der Waals surface area contributed by atoms with Crippen LogP contribution in [0.25, 0.3) is 0 Å². The summed E-state index contributed by atoms with van der Waals surface area (Å²) in [5, 5.41) is 15.5. The molecule has 25 heavy (non-hydrogen) atoms. The Bertz CT molecular complexity index is 735. The van der Waals surface area contributed by atoms with Gasteiger partial charge >= 0.3 is 12.0 Å². The fourth-order valence-corrected chi connectivity index (χ4v) is 2.67. The van der Waals surface area contributed by atoms with Crippen LogP contribution in [0, 0.1) is 0 Å². The molecule has 4 N–H and O–H groups in total. The van der Waals surface area contributed by atoms with Gasteiger partial charge in [-0.15, -0.1) is 0 Å².